The Hall–Kier alpha value is -2.94. The summed E-state index contributed by atoms with van der Waals surface area (Å²) in [6.45, 7) is 4.17. The van der Waals surface area contributed by atoms with Crippen molar-refractivity contribution in [1.29, 1.82) is 0 Å². The van der Waals surface area contributed by atoms with E-state index in [4.69, 9.17) is 9.40 Å². The molecule has 0 saturated heterocycles. The second-order valence-corrected chi connectivity index (χ2v) is 6.07. The largest absolute Gasteiger partial charge is 0.454 e. The summed E-state index contributed by atoms with van der Waals surface area (Å²) in [5.41, 5.74) is 6.80. The number of fused-ring (bicyclic) bond motifs is 1. The smallest absolute Gasteiger partial charge is 0.153 e. The van der Waals surface area contributed by atoms with Gasteiger partial charge in [0.05, 0.1) is 5.69 Å². The van der Waals surface area contributed by atoms with E-state index in [1.807, 2.05) is 18.2 Å². The molecule has 0 spiro atoms. The van der Waals surface area contributed by atoms with Crippen LogP contribution in [0.3, 0.4) is 0 Å². The standard InChI is InChI=1S/C21H16FNO/c1-13-9-14(2)11-16(10-13)18-7-8-20-19(23-18)12-21(24-20)15-3-5-17(22)6-4-15/h3-12H,1-2H3. The number of pyridine rings is 1. The van der Waals surface area contributed by atoms with Gasteiger partial charge in [-0.15, -0.1) is 0 Å². The molecular weight excluding hydrogens is 301 g/mol. The fourth-order valence-corrected chi connectivity index (χ4v) is 2.96. The van der Waals surface area contributed by atoms with Crippen LogP contribution in [0.15, 0.2) is 65.1 Å². The van der Waals surface area contributed by atoms with E-state index in [9.17, 15) is 4.39 Å². The maximum absolute atomic E-state index is 13.1. The highest BCUT2D eigenvalue weighted by Crippen LogP contribution is 2.29. The third-order valence-electron chi connectivity index (χ3n) is 4.02. The molecule has 0 N–H and O–H groups in total. The molecule has 2 nitrogen and oxygen atoms in total. The molecular formula is C21H16FNO. The van der Waals surface area contributed by atoms with Crippen molar-refractivity contribution in [3.05, 3.63) is 77.6 Å². The third-order valence-corrected chi connectivity index (χ3v) is 4.02. The minimum absolute atomic E-state index is 0.259. The Kier molecular flexibility index (Phi) is 3.42. The predicted molar refractivity (Wildman–Crippen MR) is 94.3 cm³/mol. The topological polar surface area (TPSA) is 26.0 Å². The molecule has 2 aromatic heterocycles. The van der Waals surface area contributed by atoms with E-state index in [0.717, 1.165) is 27.9 Å². The summed E-state index contributed by atoms with van der Waals surface area (Å²) >= 11 is 0. The Morgan fingerprint density at radius 2 is 1.50 bits per heavy atom. The quantitative estimate of drug-likeness (QED) is 0.459. The number of hydrogen-bond acceptors (Lipinski definition) is 2. The Balaban J connectivity index is 1.79. The molecule has 0 amide bonds. The first-order valence-electron chi connectivity index (χ1n) is 7.84. The predicted octanol–water partition coefficient (Wildman–Crippen LogP) is 5.92. The summed E-state index contributed by atoms with van der Waals surface area (Å²) in [4.78, 5) is 4.72. The zero-order valence-corrected chi connectivity index (χ0v) is 13.5. The second-order valence-electron chi connectivity index (χ2n) is 6.07. The van der Waals surface area contributed by atoms with Crippen LogP contribution in [0.2, 0.25) is 0 Å². The highest BCUT2D eigenvalue weighted by molar-refractivity contribution is 5.82. The van der Waals surface area contributed by atoms with Gasteiger partial charge in [-0.05, 0) is 62.4 Å². The summed E-state index contributed by atoms with van der Waals surface area (Å²) in [5.74, 6) is 0.431. The van der Waals surface area contributed by atoms with Crippen LogP contribution in [0.1, 0.15) is 11.1 Å². The van der Waals surface area contributed by atoms with Crippen molar-refractivity contribution in [3.63, 3.8) is 0 Å². The number of aryl methyl sites for hydroxylation is 2. The zero-order chi connectivity index (χ0) is 16.7. The molecule has 0 aliphatic heterocycles. The van der Waals surface area contributed by atoms with Crippen LogP contribution in [0.4, 0.5) is 4.39 Å². The van der Waals surface area contributed by atoms with Gasteiger partial charge in [0.25, 0.3) is 0 Å². The van der Waals surface area contributed by atoms with Crippen LogP contribution in [0.5, 0.6) is 0 Å². The third kappa shape index (κ3) is 2.69. The van der Waals surface area contributed by atoms with Crippen LogP contribution in [0.25, 0.3) is 33.7 Å². The highest BCUT2D eigenvalue weighted by Gasteiger charge is 2.09. The lowest BCUT2D eigenvalue weighted by molar-refractivity contribution is 0.623. The number of furan rings is 1. The van der Waals surface area contributed by atoms with Crippen molar-refractivity contribution in [2.75, 3.05) is 0 Å². The van der Waals surface area contributed by atoms with E-state index < -0.39 is 0 Å². The van der Waals surface area contributed by atoms with Gasteiger partial charge < -0.3 is 4.42 Å². The molecule has 0 saturated carbocycles. The summed E-state index contributed by atoms with van der Waals surface area (Å²) in [6.07, 6.45) is 0. The monoisotopic (exact) mass is 317 g/mol. The van der Waals surface area contributed by atoms with Gasteiger partial charge >= 0.3 is 0 Å². The first-order chi connectivity index (χ1) is 11.6. The lowest BCUT2D eigenvalue weighted by Crippen LogP contribution is -1.86. The Labute approximate surface area is 139 Å². The zero-order valence-electron chi connectivity index (χ0n) is 13.5. The van der Waals surface area contributed by atoms with Crippen LogP contribution in [0, 0.1) is 19.7 Å². The number of rotatable bonds is 2. The second kappa shape index (κ2) is 5.60. The van der Waals surface area contributed by atoms with Crippen LogP contribution in [-0.4, -0.2) is 4.98 Å². The fourth-order valence-electron chi connectivity index (χ4n) is 2.96. The number of halogens is 1. The normalized spacial score (nSPS) is 11.1. The average Bonchev–Trinajstić information content (AvgIpc) is 2.97. The number of aromatic nitrogens is 1. The molecule has 4 aromatic rings. The molecule has 0 fully saturated rings. The minimum Gasteiger partial charge on any atom is -0.454 e. The summed E-state index contributed by atoms with van der Waals surface area (Å²) < 4.78 is 18.9. The van der Waals surface area contributed by atoms with Crippen LogP contribution in [-0.2, 0) is 0 Å². The summed E-state index contributed by atoms with van der Waals surface area (Å²) in [7, 11) is 0. The Morgan fingerprint density at radius 3 is 2.21 bits per heavy atom. The van der Waals surface area contributed by atoms with Crippen molar-refractivity contribution in [1.82, 2.24) is 4.98 Å². The minimum atomic E-state index is -0.259. The number of nitrogens with zero attached hydrogens (tertiary/aromatic N) is 1. The van der Waals surface area contributed by atoms with E-state index in [-0.39, 0.29) is 5.82 Å². The molecule has 2 heterocycles. The Morgan fingerprint density at radius 1 is 0.792 bits per heavy atom. The lowest BCUT2D eigenvalue weighted by Gasteiger charge is -2.04. The summed E-state index contributed by atoms with van der Waals surface area (Å²) in [6, 6.07) is 18.5. The highest BCUT2D eigenvalue weighted by atomic mass is 19.1. The van der Waals surface area contributed by atoms with Crippen LogP contribution >= 0.6 is 0 Å². The lowest BCUT2D eigenvalue weighted by atomic mass is 10.0. The van der Waals surface area contributed by atoms with Gasteiger partial charge in [0.15, 0.2) is 5.58 Å². The molecule has 4 rings (SSSR count). The first-order valence-corrected chi connectivity index (χ1v) is 7.84. The molecule has 0 radical (unpaired) electrons. The van der Waals surface area contributed by atoms with Gasteiger partial charge in [0.1, 0.15) is 17.1 Å². The fraction of sp³-hybridized carbons (Fsp3) is 0.0952. The average molecular weight is 317 g/mol. The van der Waals surface area contributed by atoms with Gasteiger partial charge in [-0.3, -0.25) is 0 Å². The number of hydrogen-bond donors (Lipinski definition) is 0. The number of benzene rings is 2. The van der Waals surface area contributed by atoms with Gasteiger partial charge in [0.2, 0.25) is 0 Å². The molecule has 0 unspecified atom stereocenters. The van der Waals surface area contributed by atoms with Crippen molar-refractivity contribution in [3.8, 4) is 22.6 Å². The van der Waals surface area contributed by atoms with Gasteiger partial charge in [-0.2, -0.15) is 0 Å². The van der Waals surface area contributed by atoms with E-state index in [2.05, 4.69) is 32.0 Å². The van der Waals surface area contributed by atoms with Gasteiger partial charge in [-0.25, -0.2) is 9.37 Å². The molecule has 24 heavy (non-hydrogen) atoms. The van der Waals surface area contributed by atoms with Crippen molar-refractivity contribution in [2.24, 2.45) is 0 Å². The van der Waals surface area contributed by atoms with Gasteiger partial charge in [0, 0.05) is 17.2 Å². The van der Waals surface area contributed by atoms with Gasteiger partial charge in [-0.1, -0.05) is 17.2 Å². The molecule has 0 bridgehead atoms. The Bertz CT molecular complexity index is 1010. The molecule has 0 aliphatic rings. The maximum Gasteiger partial charge on any atom is 0.153 e. The molecule has 2 aromatic carbocycles. The maximum atomic E-state index is 13.1. The van der Waals surface area contributed by atoms with E-state index in [1.54, 1.807) is 12.1 Å². The van der Waals surface area contributed by atoms with Crippen molar-refractivity contribution in [2.45, 2.75) is 13.8 Å². The van der Waals surface area contributed by atoms with E-state index in [1.165, 1.54) is 23.3 Å². The van der Waals surface area contributed by atoms with E-state index >= 15 is 0 Å². The molecule has 118 valence electrons. The van der Waals surface area contributed by atoms with E-state index in [0.29, 0.717) is 5.76 Å². The molecule has 0 atom stereocenters. The first kappa shape index (κ1) is 14.6. The van der Waals surface area contributed by atoms with Crippen molar-refractivity contribution >= 4 is 11.1 Å². The molecule has 0 aliphatic carbocycles. The van der Waals surface area contributed by atoms with Crippen molar-refractivity contribution < 1.29 is 8.81 Å². The molecule has 3 heteroatoms. The van der Waals surface area contributed by atoms with Crippen LogP contribution < -0.4 is 0 Å². The SMILES string of the molecule is Cc1cc(C)cc(-c2ccc3oc(-c4ccc(F)cc4)cc3n2)c1. The summed E-state index contributed by atoms with van der Waals surface area (Å²) in [5, 5.41) is 0.